The Kier molecular flexibility index (Phi) is 8.28. The highest BCUT2D eigenvalue weighted by atomic mass is 35.5. The fourth-order valence-corrected chi connectivity index (χ4v) is 2.10. The van der Waals surface area contributed by atoms with Crippen LogP contribution in [0.3, 0.4) is 0 Å². The summed E-state index contributed by atoms with van der Waals surface area (Å²) < 4.78 is 5.27. The summed E-state index contributed by atoms with van der Waals surface area (Å²) >= 11 is 0. The molecule has 0 saturated carbocycles. The van der Waals surface area contributed by atoms with Gasteiger partial charge in [0.2, 0.25) is 5.91 Å². The standard InChI is InChI=1S/C17H26N2O3.ClH/c1-11(2)17(4,10-18)19-16(21)9-14-8-13(12(3)20)6-7-15(14)22-5;/h6-8,11H,9-10,18H2,1-5H3,(H,19,21);1H. The molecule has 3 N–H and O–H groups in total. The van der Waals surface area contributed by atoms with Crippen LogP contribution >= 0.6 is 12.4 Å². The molecule has 0 bridgehead atoms. The number of rotatable bonds is 7. The van der Waals surface area contributed by atoms with Crippen LogP contribution in [0.2, 0.25) is 0 Å². The second-order valence-corrected chi connectivity index (χ2v) is 6.08. The summed E-state index contributed by atoms with van der Waals surface area (Å²) in [5, 5.41) is 2.99. The first-order valence-electron chi connectivity index (χ1n) is 7.42. The summed E-state index contributed by atoms with van der Waals surface area (Å²) in [5.41, 5.74) is 6.58. The molecule has 130 valence electrons. The van der Waals surface area contributed by atoms with Crippen molar-refractivity contribution in [3.05, 3.63) is 29.3 Å². The lowest BCUT2D eigenvalue weighted by Crippen LogP contribution is -2.55. The number of amides is 1. The molecular weight excluding hydrogens is 316 g/mol. The van der Waals surface area contributed by atoms with Crippen molar-refractivity contribution < 1.29 is 14.3 Å². The predicted molar refractivity (Wildman–Crippen MR) is 94.4 cm³/mol. The van der Waals surface area contributed by atoms with Crippen LogP contribution in [0.15, 0.2) is 18.2 Å². The average molecular weight is 343 g/mol. The zero-order valence-electron chi connectivity index (χ0n) is 14.4. The number of hydrogen-bond donors (Lipinski definition) is 2. The number of methoxy groups -OCH3 is 1. The van der Waals surface area contributed by atoms with E-state index in [9.17, 15) is 9.59 Å². The second kappa shape index (κ2) is 8.89. The smallest absolute Gasteiger partial charge is 0.225 e. The van der Waals surface area contributed by atoms with E-state index in [1.807, 2.05) is 20.8 Å². The summed E-state index contributed by atoms with van der Waals surface area (Å²) in [6.07, 6.45) is 0.145. The van der Waals surface area contributed by atoms with Crippen molar-refractivity contribution in [2.24, 2.45) is 11.7 Å². The van der Waals surface area contributed by atoms with Crippen molar-refractivity contribution >= 4 is 24.1 Å². The minimum absolute atomic E-state index is 0. The fraction of sp³-hybridized carbons (Fsp3) is 0.529. The van der Waals surface area contributed by atoms with Gasteiger partial charge in [0.05, 0.1) is 19.1 Å². The Labute approximate surface area is 144 Å². The van der Waals surface area contributed by atoms with Gasteiger partial charge in [0.15, 0.2) is 5.78 Å². The lowest BCUT2D eigenvalue weighted by atomic mass is 9.88. The maximum Gasteiger partial charge on any atom is 0.225 e. The van der Waals surface area contributed by atoms with Gasteiger partial charge in [-0.25, -0.2) is 0 Å². The van der Waals surface area contributed by atoms with Gasteiger partial charge in [-0.3, -0.25) is 9.59 Å². The molecule has 0 aliphatic heterocycles. The van der Waals surface area contributed by atoms with E-state index >= 15 is 0 Å². The summed E-state index contributed by atoms with van der Waals surface area (Å²) in [6.45, 7) is 7.82. The summed E-state index contributed by atoms with van der Waals surface area (Å²) in [4.78, 5) is 23.8. The van der Waals surface area contributed by atoms with E-state index in [0.717, 1.165) is 0 Å². The highest BCUT2D eigenvalue weighted by molar-refractivity contribution is 5.94. The molecule has 1 amide bonds. The molecular formula is C17H27ClN2O3. The molecule has 1 aromatic carbocycles. The van der Waals surface area contributed by atoms with Crippen LogP contribution < -0.4 is 15.8 Å². The van der Waals surface area contributed by atoms with Crippen LogP contribution in [0.1, 0.15) is 43.6 Å². The Hall–Kier alpha value is -1.59. The number of ketones is 1. The zero-order valence-corrected chi connectivity index (χ0v) is 15.3. The first-order valence-corrected chi connectivity index (χ1v) is 7.42. The summed E-state index contributed by atoms with van der Waals surface area (Å²) in [7, 11) is 1.54. The molecule has 23 heavy (non-hydrogen) atoms. The molecule has 6 heteroatoms. The minimum atomic E-state index is -0.456. The highest BCUT2D eigenvalue weighted by Crippen LogP contribution is 2.22. The van der Waals surface area contributed by atoms with Gasteiger partial charge in [0.25, 0.3) is 0 Å². The topological polar surface area (TPSA) is 81.4 Å². The van der Waals surface area contributed by atoms with Gasteiger partial charge in [0, 0.05) is 17.7 Å². The first kappa shape index (κ1) is 21.4. The number of nitrogens with two attached hydrogens (primary N) is 1. The molecule has 5 nitrogen and oxygen atoms in total. The monoisotopic (exact) mass is 342 g/mol. The molecule has 0 radical (unpaired) electrons. The Balaban J connectivity index is 0.00000484. The van der Waals surface area contributed by atoms with Crippen molar-refractivity contribution in [3.63, 3.8) is 0 Å². The molecule has 0 spiro atoms. The summed E-state index contributed by atoms with van der Waals surface area (Å²) in [6, 6.07) is 5.11. The number of carbonyl (C=O) groups is 2. The average Bonchev–Trinajstić information content (AvgIpc) is 2.46. The lowest BCUT2D eigenvalue weighted by Gasteiger charge is -2.33. The number of benzene rings is 1. The van der Waals surface area contributed by atoms with Crippen LogP contribution in [-0.2, 0) is 11.2 Å². The fourth-order valence-electron chi connectivity index (χ4n) is 2.10. The third-order valence-corrected chi connectivity index (χ3v) is 4.16. The summed E-state index contributed by atoms with van der Waals surface area (Å²) in [5.74, 6) is 0.630. The Bertz CT molecular complexity index is 561. The van der Waals surface area contributed by atoms with Gasteiger partial charge in [-0.1, -0.05) is 13.8 Å². The molecule has 0 aromatic heterocycles. The quantitative estimate of drug-likeness (QED) is 0.745. The second-order valence-electron chi connectivity index (χ2n) is 6.08. The molecule has 1 unspecified atom stereocenters. The molecule has 0 aliphatic rings. The van der Waals surface area contributed by atoms with Gasteiger partial charge < -0.3 is 15.8 Å². The SMILES string of the molecule is COc1ccc(C(C)=O)cc1CC(=O)NC(C)(CN)C(C)C.Cl. The van der Waals surface area contributed by atoms with E-state index in [0.29, 0.717) is 23.4 Å². The van der Waals surface area contributed by atoms with Crippen molar-refractivity contribution in [2.45, 2.75) is 39.7 Å². The van der Waals surface area contributed by atoms with Crippen molar-refractivity contribution in [3.8, 4) is 5.75 Å². The van der Waals surface area contributed by atoms with Gasteiger partial charge in [-0.15, -0.1) is 12.4 Å². The molecule has 0 aliphatic carbocycles. The number of hydrogen-bond acceptors (Lipinski definition) is 4. The Morgan fingerprint density at radius 2 is 1.96 bits per heavy atom. The molecule has 1 atom stereocenters. The van der Waals surface area contributed by atoms with Crippen LogP contribution in [0, 0.1) is 5.92 Å². The van der Waals surface area contributed by atoms with Crippen LogP contribution in [-0.4, -0.2) is 30.9 Å². The number of nitrogens with one attached hydrogen (secondary N) is 1. The zero-order chi connectivity index (χ0) is 16.9. The Morgan fingerprint density at radius 3 is 2.39 bits per heavy atom. The van der Waals surface area contributed by atoms with E-state index in [2.05, 4.69) is 5.32 Å². The van der Waals surface area contributed by atoms with Crippen LogP contribution in [0.4, 0.5) is 0 Å². The third-order valence-electron chi connectivity index (χ3n) is 4.16. The van der Waals surface area contributed by atoms with Gasteiger partial charge in [-0.2, -0.15) is 0 Å². The third kappa shape index (κ3) is 5.52. The van der Waals surface area contributed by atoms with E-state index in [1.165, 1.54) is 6.92 Å². The van der Waals surface area contributed by atoms with E-state index in [4.69, 9.17) is 10.5 Å². The number of halogens is 1. The van der Waals surface area contributed by atoms with Crippen LogP contribution in [0.5, 0.6) is 5.75 Å². The lowest BCUT2D eigenvalue weighted by molar-refractivity contribution is -0.122. The Morgan fingerprint density at radius 1 is 1.35 bits per heavy atom. The van der Waals surface area contributed by atoms with Crippen molar-refractivity contribution in [1.82, 2.24) is 5.32 Å². The van der Waals surface area contributed by atoms with Crippen molar-refractivity contribution in [1.29, 1.82) is 0 Å². The maximum atomic E-state index is 12.3. The molecule has 0 fully saturated rings. The molecule has 1 aromatic rings. The normalized spacial score (nSPS) is 13.0. The van der Waals surface area contributed by atoms with Gasteiger partial charge in [-0.05, 0) is 38.0 Å². The molecule has 1 rings (SSSR count). The minimum Gasteiger partial charge on any atom is -0.496 e. The van der Waals surface area contributed by atoms with Crippen molar-refractivity contribution in [2.75, 3.05) is 13.7 Å². The molecule has 0 saturated heterocycles. The highest BCUT2D eigenvalue weighted by Gasteiger charge is 2.28. The maximum absolute atomic E-state index is 12.3. The van der Waals surface area contributed by atoms with Gasteiger partial charge >= 0.3 is 0 Å². The van der Waals surface area contributed by atoms with E-state index < -0.39 is 5.54 Å². The number of carbonyl (C=O) groups excluding carboxylic acids is 2. The predicted octanol–water partition coefficient (Wildman–Crippen LogP) is 2.35. The largest absolute Gasteiger partial charge is 0.496 e. The first-order chi connectivity index (χ1) is 10.2. The molecule has 0 heterocycles. The van der Waals surface area contributed by atoms with E-state index in [1.54, 1.807) is 25.3 Å². The number of ether oxygens (including phenoxy) is 1. The number of Topliss-reactive ketones (excluding diaryl/α,β-unsaturated/α-hetero) is 1. The van der Waals surface area contributed by atoms with E-state index in [-0.39, 0.29) is 36.4 Å². The van der Waals surface area contributed by atoms with Gasteiger partial charge in [0.1, 0.15) is 5.75 Å². The van der Waals surface area contributed by atoms with Crippen LogP contribution in [0.25, 0.3) is 0 Å².